The molecule has 0 fully saturated rings. The maximum absolute atomic E-state index is 12.6. The minimum atomic E-state index is -0.327. The zero-order chi connectivity index (χ0) is 19.7. The van der Waals surface area contributed by atoms with Crippen LogP contribution in [0.2, 0.25) is 0 Å². The molecule has 3 amide bonds. The Kier molecular flexibility index (Phi) is 4.61. The summed E-state index contributed by atoms with van der Waals surface area (Å²) in [6.07, 6.45) is 2.26. The first kappa shape index (κ1) is 17.9. The van der Waals surface area contributed by atoms with Gasteiger partial charge in [0.25, 0.3) is 5.91 Å². The Hall–Kier alpha value is -3.54. The summed E-state index contributed by atoms with van der Waals surface area (Å²) in [5.41, 5.74) is 5.40. The largest absolute Gasteiger partial charge is 0.459 e. The van der Waals surface area contributed by atoms with Crippen LogP contribution in [-0.4, -0.2) is 18.5 Å². The zero-order valence-corrected chi connectivity index (χ0v) is 15.8. The highest BCUT2D eigenvalue weighted by molar-refractivity contribution is 6.06. The summed E-state index contributed by atoms with van der Waals surface area (Å²) in [5, 5.41) is 5.69. The minimum Gasteiger partial charge on any atom is -0.459 e. The second kappa shape index (κ2) is 7.23. The topological polar surface area (TPSA) is 74.6 Å². The Morgan fingerprint density at radius 2 is 1.71 bits per heavy atom. The second-order valence-electron chi connectivity index (χ2n) is 6.98. The summed E-state index contributed by atoms with van der Waals surface area (Å²) in [6, 6.07) is 14.5. The maximum atomic E-state index is 12.6. The van der Waals surface area contributed by atoms with Crippen LogP contribution < -0.4 is 15.5 Å². The molecule has 0 aliphatic carbocycles. The third-order valence-electron chi connectivity index (χ3n) is 4.70. The van der Waals surface area contributed by atoms with E-state index < -0.39 is 0 Å². The molecule has 0 spiro atoms. The van der Waals surface area contributed by atoms with Crippen molar-refractivity contribution in [2.24, 2.45) is 0 Å². The van der Waals surface area contributed by atoms with Crippen LogP contribution in [0.1, 0.15) is 27.2 Å². The van der Waals surface area contributed by atoms with Crippen molar-refractivity contribution >= 4 is 29.0 Å². The fourth-order valence-electron chi connectivity index (χ4n) is 3.54. The summed E-state index contributed by atoms with van der Waals surface area (Å²) < 4.78 is 5.23. The average Bonchev–Trinajstić information content (AvgIpc) is 3.30. The molecule has 28 heavy (non-hydrogen) atoms. The number of fused-ring (bicyclic) bond motifs is 1. The predicted octanol–water partition coefficient (Wildman–Crippen LogP) is 4.74. The minimum absolute atomic E-state index is 0.180. The van der Waals surface area contributed by atoms with Gasteiger partial charge >= 0.3 is 6.03 Å². The van der Waals surface area contributed by atoms with Crippen molar-refractivity contribution in [2.45, 2.75) is 20.3 Å². The standard InChI is InChI=1S/C22H21N3O3/c1-14-10-15(2)12-18(11-14)24-22(27)23-17-6-5-16-7-8-25(19(16)13-17)21(26)20-4-3-9-28-20/h3-6,9-13H,7-8H2,1-2H3,(H2,23,24,27). The van der Waals surface area contributed by atoms with Crippen LogP contribution in [0, 0.1) is 13.8 Å². The smallest absolute Gasteiger partial charge is 0.323 e. The first-order valence-electron chi connectivity index (χ1n) is 9.14. The van der Waals surface area contributed by atoms with E-state index in [1.165, 1.54) is 6.26 Å². The van der Waals surface area contributed by atoms with Gasteiger partial charge < -0.3 is 20.0 Å². The summed E-state index contributed by atoms with van der Waals surface area (Å²) >= 11 is 0. The number of nitrogens with zero attached hydrogens (tertiary/aromatic N) is 1. The first-order chi connectivity index (χ1) is 13.5. The first-order valence-corrected chi connectivity index (χ1v) is 9.14. The number of hydrogen-bond acceptors (Lipinski definition) is 3. The second-order valence-corrected chi connectivity index (χ2v) is 6.98. The van der Waals surface area contributed by atoms with Crippen molar-refractivity contribution in [3.63, 3.8) is 0 Å². The summed E-state index contributed by atoms with van der Waals surface area (Å²) in [5.74, 6) is 0.124. The number of urea groups is 1. The highest BCUT2D eigenvalue weighted by Crippen LogP contribution is 2.32. The fourth-order valence-corrected chi connectivity index (χ4v) is 3.54. The molecule has 0 saturated heterocycles. The number of carbonyl (C=O) groups excluding carboxylic acids is 2. The molecule has 0 radical (unpaired) electrons. The van der Waals surface area contributed by atoms with E-state index >= 15 is 0 Å². The van der Waals surface area contributed by atoms with Crippen LogP contribution in [0.5, 0.6) is 0 Å². The van der Waals surface area contributed by atoms with Gasteiger partial charge in [-0.15, -0.1) is 0 Å². The highest BCUT2D eigenvalue weighted by atomic mass is 16.3. The van der Waals surface area contributed by atoms with Gasteiger partial charge in [-0.25, -0.2) is 4.79 Å². The third-order valence-corrected chi connectivity index (χ3v) is 4.70. The van der Waals surface area contributed by atoms with E-state index in [0.29, 0.717) is 18.0 Å². The van der Waals surface area contributed by atoms with E-state index in [4.69, 9.17) is 4.42 Å². The van der Waals surface area contributed by atoms with E-state index in [9.17, 15) is 9.59 Å². The van der Waals surface area contributed by atoms with Crippen molar-refractivity contribution in [3.05, 3.63) is 77.2 Å². The molecule has 0 saturated carbocycles. The molecule has 2 heterocycles. The van der Waals surface area contributed by atoms with Crippen LogP contribution in [0.4, 0.5) is 21.9 Å². The molecule has 0 unspecified atom stereocenters. The molecule has 3 aromatic rings. The van der Waals surface area contributed by atoms with Crippen LogP contribution in [0.25, 0.3) is 0 Å². The molecule has 2 aromatic carbocycles. The maximum Gasteiger partial charge on any atom is 0.323 e. The van der Waals surface area contributed by atoms with Gasteiger partial charge in [0.05, 0.1) is 6.26 Å². The third kappa shape index (κ3) is 3.62. The van der Waals surface area contributed by atoms with Crippen LogP contribution in [0.3, 0.4) is 0 Å². The molecule has 0 bridgehead atoms. The quantitative estimate of drug-likeness (QED) is 0.694. The Balaban J connectivity index is 1.50. The molecular weight excluding hydrogens is 354 g/mol. The van der Waals surface area contributed by atoms with E-state index in [0.717, 1.165) is 34.5 Å². The molecule has 0 atom stereocenters. The molecule has 4 rings (SSSR count). The van der Waals surface area contributed by atoms with Crippen molar-refractivity contribution in [1.82, 2.24) is 0 Å². The zero-order valence-electron chi connectivity index (χ0n) is 15.8. The lowest BCUT2D eigenvalue weighted by Gasteiger charge is -2.17. The predicted molar refractivity (Wildman–Crippen MR) is 109 cm³/mol. The van der Waals surface area contributed by atoms with Gasteiger partial charge in [0.2, 0.25) is 0 Å². The molecule has 142 valence electrons. The van der Waals surface area contributed by atoms with Crippen molar-refractivity contribution in [3.8, 4) is 0 Å². The van der Waals surface area contributed by atoms with Gasteiger partial charge in [-0.2, -0.15) is 0 Å². The number of anilines is 3. The molecule has 6 nitrogen and oxygen atoms in total. The molecular formula is C22H21N3O3. The lowest BCUT2D eigenvalue weighted by Crippen LogP contribution is -2.28. The number of rotatable bonds is 3. The molecule has 1 aliphatic rings. The van der Waals surface area contributed by atoms with Crippen molar-refractivity contribution < 1.29 is 14.0 Å². The monoisotopic (exact) mass is 375 g/mol. The van der Waals surface area contributed by atoms with Gasteiger partial charge in [0.15, 0.2) is 5.76 Å². The number of aryl methyl sites for hydroxylation is 2. The average molecular weight is 375 g/mol. The lowest BCUT2D eigenvalue weighted by molar-refractivity contribution is 0.0963. The van der Waals surface area contributed by atoms with E-state index in [-0.39, 0.29) is 11.9 Å². The number of benzene rings is 2. The Labute approximate surface area is 163 Å². The van der Waals surface area contributed by atoms with Gasteiger partial charge in [-0.05, 0) is 73.4 Å². The van der Waals surface area contributed by atoms with E-state index in [1.54, 1.807) is 17.0 Å². The summed E-state index contributed by atoms with van der Waals surface area (Å²) in [4.78, 5) is 26.7. The van der Waals surface area contributed by atoms with Gasteiger partial charge in [0.1, 0.15) is 0 Å². The SMILES string of the molecule is Cc1cc(C)cc(NC(=O)Nc2ccc3c(c2)N(C(=O)c2ccco2)CC3)c1. The van der Waals surface area contributed by atoms with E-state index in [1.807, 2.05) is 50.2 Å². The molecule has 1 aromatic heterocycles. The number of amides is 3. The normalized spacial score (nSPS) is 12.6. The summed E-state index contributed by atoms with van der Waals surface area (Å²) in [7, 11) is 0. The van der Waals surface area contributed by atoms with Crippen LogP contribution in [0.15, 0.2) is 59.2 Å². The van der Waals surface area contributed by atoms with Crippen LogP contribution in [-0.2, 0) is 6.42 Å². The summed E-state index contributed by atoms with van der Waals surface area (Å²) in [6.45, 7) is 4.56. The van der Waals surface area contributed by atoms with Gasteiger partial charge in [0, 0.05) is 23.6 Å². The molecule has 6 heteroatoms. The fraction of sp³-hybridized carbons (Fsp3) is 0.182. The Bertz CT molecular complexity index is 1020. The van der Waals surface area contributed by atoms with Gasteiger partial charge in [-0.1, -0.05) is 12.1 Å². The number of hydrogen-bond donors (Lipinski definition) is 2. The van der Waals surface area contributed by atoms with Crippen molar-refractivity contribution in [2.75, 3.05) is 22.1 Å². The number of furan rings is 1. The molecule has 1 aliphatic heterocycles. The molecule has 2 N–H and O–H groups in total. The van der Waals surface area contributed by atoms with Gasteiger partial charge in [-0.3, -0.25) is 4.79 Å². The highest BCUT2D eigenvalue weighted by Gasteiger charge is 2.27. The number of carbonyl (C=O) groups is 2. The number of nitrogens with one attached hydrogen (secondary N) is 2. The van der Waals surface area contributed by atoms with Crippen molar-refractivity contribution in [1.29, 1.82) is 0 Å². The van der Waals surface area contributed by atoms with E-state index in [2.05, 4.69) is 10.6 Å². The van der Waals surface area contributed by atoms with Crippen LogP contribution >= 0.6 is 0 Å². The Morgan fingerprint density at radius 3 is 2.43 bits per heavy atom. The Morgan fingerprint density at radius 1 is 0.964 bits per heavy atom. The lowest BCUT2D eigenvalue weighted by atomic mass is 10.1.